The number of nitrogens with zero attached hydrogens (tertiary/aromatic N) is 4. The SMILES string of the molecule is NS(=O)(=O)c1ccc(N=Nc2c(O)[nH]c3ccc(C(=O)NCCCO)cc23)cc1.NS(=O)(=O)c1ccc(N=Nc2c(O)[nH]c3ccc(C(=O)NCCO)cc23)cc1. The van der Waals surface area contributed by atoms with Gasteiger partial charge in [-0.2, -0.15) is 10.2 Å². The zero-order valence-electron chi connectivity index (χ0n) is 29.6. The van der Waals surface area contributed by atoms with Crippen molar-refractivity contribution in [2.24, 2.45) is 30.7 Å². The molecule has 0 radical (unpaired) electrons. The molecule has 298 valence electrons. The molecule has 4 aromatic carbocycles. The number of nitrogens with one attached hydrogen (secondary N) is 4. The number of benzene rings is 4. The van der Waals surface area contributed by atoms with Gasteiger partial charge in [0.25, 0.3) is 11.8 Å². The van der Waals surface area contributed by atoms with Crippen molar-refractivity contribution in [3.05, 3.63) is 96.1 Å². The van der Waals surface area contributed by atoms with Crippen LogP contribution in [0.4, 0.5) is 22.7 Å². The van der Waals surface area contributed by atoms with Gasteiger partial charge in [0.05, 0.1) is 38.8 Å². The molecule has 0 unspecified atom stereocenters. The van der Waals surface area contributed by atoms with Crippen LogP contribution in [0.5, 0.6) is 11.8 Å². The summed E-state index contributed by atoms with van der Waals surface area (Å²) < 4.78 is 45.1. The number of carbonyl (C=O) groups excluding carboxylic acids is 2. The van der Waals surface area contributed by atoms with Gasteiger partial charge in [-0.25, -0.2) is 27.1 Å². The van der Waals surface area contributed by atoms with Crippen molar-refractivity contribution in [2.45, 2.75) is 16.2 Å². The molecule has 2 amide bonds. The maximum absolute atomic E-state index is 12.2. The number of nitrogens with two attached hydrogens (primary N) is 2. The van der Waals surface area contributed by atoms with E-state index in [1.807, 2.05) is 0 Å². The Bertz CT molecular complexity index is 2690. The molecule has 0 saturated carbocycles. The molecule has 2 aromatic heterocycles. The molecule has 0 aliphatic heterocycles. The first kappa shape index (κ1) is 41.6. The van der Waals surface area contributed by atoms with Crippen LogP contribution in [0.3, 0.4) is 0 Å². The number of aromatic amines is 2. The van der Waals surface area contributed by atoms with Crippen molar-refractivity contribution in [1.82, 2.24) is 20.6 Å². The average Bonchev–Trinajstić information content (AvgIpc) is 3.67. The summed E-state index contributed by atoms with van der Waals surface area (Å²) in [6.07, 6.45) is 0.447. The van der Waals surface area contributed by atoms with Crippen LogP contribution in [0.1, 0.15) is 27.1 Å². The van der Waals surface area contributed by atoms with Crippen molar-refractivity contribution in [2.75, 3.05) is 26.3 Å². The molecule has 0 spiro atoms. The first-order valence-corrected chi connectivity index (χ1v) is 19.7. The van der Waals surface area contributed by atoms with Gasteiger partial charge in [0.15, 0.2) is 11.4 Å². The van der Waals surface area contributed by atoms with E-state index in [1.54, 1.807) is 30.3 Å². The van der Waals surface area contributed by atoms with Gasteiger partial charge in [-0.05, 0) is 91.3 Å². The molecule has 0 bridgehead atoms. The lowest BCUT2D eigenvalue weighted by molar-refractivity contribution is 0.0939. The summed E-state index contributed by atoms with van der Waals surface area (Å²) in [5, 5.41) is 70.1. The molecule has 20 nitrogen and oxygen atoms in total. The smallest absolute Gasteiger partial charge is 0.251 e. The van der Waals surface area contributed by atoms with Crippen LogP contribution in [0, 0.1) is 0 Å². The lowest BCUT2D eigenvalue weighted by atomic mass is 10.1. The van der Waals surface area contributed by atoms with E-state index in [4.69, 9.17) is 20.5 Å². The zero-order valence-corrected chi connectivity index (χ0v) is 31.2. The predicted octanol–water partition coefficient (Wildman–Crippen LogP) is 3.71. The number of H-pyrrole nitrogens is 2. The maximum Gasteiger partial charge on any atom is 0.251 e. The number of hydrogen-bond acceptors (Lipinski definition) is 14. The quantitative estimate of drug-likeness (QED) is 0.0595. The maximum atomic E-state index is 12.2. The number of aromatic hydroxyl groups is 2. The number of primary sulfonamides is 2. The minimum absolute atomic E-state index is 0.0201. The van der Waals surface area contributed by atoms with E-state index in [1.165, 1.54) is 54.6 Å². The van der Waals surface area contributed by atoms with Crippen LogP contribution in [0.15, 0.2) is 115 Å². The fraction of sp³-hybridized carbons (Fsp3) is 0.143. The summed E-state index contributed by atoms with van der Waals surface area (Å²) in [6.45, 7) is 0.263. The Morgan fingerprint density at radius 3 is 1.35 bits per heavy atom. The summed E-state index contributed by atoms with van der Waals surface area (Å²) in [5.74, 6) is -1.14. The minimum Gasteiger partial charge on any atom is -0.493 e. The first-order chi connectivity index (χ1) is 27.1. The Morgan fingerprint density at radius 2 is 0.982 bits per heavy atom. The Labute approximate surface area is 324 Å². The normalized spacial score (nSPS) is 11.9. The fourth-order valence-electron chi connectivity index (χ4n) is 5.09. The molecule has 0 aliphatic rings. The lowest BCUT2D eigenvalue weighted by Gasteiger charge is -2.04. The van der Waals surface area contributed by atoms with Crippen LogP contribution in [0.25, 0.3) is 21.8 Å². The molecule has 22 heteroatoms. The zero-order chi connectivity index (χ0) is 41.3. The fourth-order valence-corrected chi connectivity index (χ4v) is 6.12. The van der Waals surface area contributed by atoms with Crippen LogP contribution in [-0.4, -0.2) is 85.3 Å². The summed E-state index contributed by atoms with van der Waals surface area (Å²) in [5.41, 5.74) is 2.77. The molecule has 6 rings (SSSR count). The number of aliphatic hydroxyl groups is 2. The number of rotatable bonds is 13. The molecule has 0 atom stereocenters. The molecular formula is C35H36N10O10S2. The molecule has 2 heterocycles. The van der Waals surface area contributed by atoms with E-state index in [0.29, 0.717) is 57.3 Å². The van der Waals surface area contributed by atoms with E-state index in [9.17, 15) is 36.6 Å². The Morgan fingerprint density at radius 1 is 0.579 bits per heavy atom. The molecule has 12 N–H and O–H groups in total. The Kier molecular flexibility index (Phi) is 13.1. The van der Waals surface area contributed by atoms with Crippen LogP contribution < -0.4 is 20.9 Å². The summed E-state index contributed by atoms with van der Waals surface area (Å²) in [7, 11) is -7.61. The third-order valence-corrected chi connectivity index (χ3v) is 9.77. The topological polar surface area (TPSA) is 340 Å². The Balaban J connectivity index is 0.000000218. The van der Waals surface area contributed by atoms with Gasteiger partial charge < -0.3 is 41.0 Å². The van der Waals surface area contributed by atoms with Crippen LogP contribution in [0.2, 0.25) is 0 Å². The molecule has 0 saturated heterocycles. The predicted molar refractivity (Wildman–Crippen MR) is 207 cm³/mol. The van der Waals surface area contributed by atoms with Crippen LogP contribution >= 0.6 is 0 Å². The monoisotopic (exact) mass is 820 g/mol. The molecule has 6 aromatic rings. The number of fused-ring (bicyclic) bond motifs is 2. The summed E-state index contributed by atoms with van der Waals surface area (Å²) >= 11 is 0. The molecule has 57 heavy (non-hydrogen) atoms. The van der Waals surface area contributed by atoms with E-state index in [0.717, 1.165) is 0 Å². The highest BCUT2D eigenvalue weighted by molar-refractivity contribution is 7.89. The second-order valence-corrected chi connectivity index (χ2v) is 15.1. The van der Waals surface area contributed by atoms with Gasteiger partial charge in [0.1, 0.15) is 0 Å². The summed E-state index contributed by atoms with van der Waals surface area (Å²) in [4.78, 5) is 29.6. The number of sulfonamides is 2. The van der Waals surface area contributed by atoms with Gasteiger partial charge in [0, 0.05) is 41.6 Å². The lowest BCUT2D eigenvalue weighted by Crippen LogP contribution is -2.26. The van der Waals surface area contributed by atoms with Crippen molar-refractivity contribution in [1.29, 1.82) is 0 Å². The number of carbonyl (C=O) groups is 2. The second kappa shape index (κ2) is 17.9. The largest absolute Gasteiger partial charge is 0.493 e. The van der Waals surface area contributed by atoms with E-state index in [2.05, 4.69) is 41.1 Å². The minimum atomic E-state index is -3.80. The van der Waals surface area contributed by atoms with Crippen molar-refractivity contribution < 1.29 is 46.9 Å². The highest BCUT2D eigenvalue weighted by Crippen LogP contribution is 2.38. The molecule has 0 fully saturated rings. The highest BCUT2D eigenvalue weighted by Gasteiger charge is 2.16. The van der Waals surface area contributed by atoms with E-state index in [-0.39, 0.29) is 64.5 Å². The highest BCUT2D eigenvalue weighted by atomic mass is 32.2. The average molecular weight is 821 g/mol. The number of aromatic nitrogens is 2. The first-order valence-electron chi connectivity index (χ1n) is 16.7. The Hall–Kier alpha value is -6.56. The van der Waals surface area contributed by atoms with Gasteiger partial charge in [0.2, 0.25) is 31.8 Å². The molecular weight excluding hydrogens is 785 g/mol. The summed E-state index contributed by atoms with van der Waals surface area (Å²) in [6, 6.07) is 20.4. The third-order valence-electron chi connectivity index (χ3n) is 7.91. The molecule has 0 aliphatic carbocycles. The van der Waals surface area contributed by atoms with E-state index >= 15 is 0 Å². The third kappa shape index (κ3) is 10.6. The van der Waals surface area contributed by atoms with Crippen molar-refractivity contribution in [3.63, 3.8) is 0 Å². The number of amides is 2. The van der Waals surface area contributed by atoms with Gasteiger partial charge in [-0.3, -0.25) is 9.59 Å². The van der Waals surface area contributed by atoms with Crippen molar-refractivity contribution >= 4 is 76.4 Å². The van der Waals surface area contributed by atoms with Crippen LogP contribution in [-0.2, 0) is 20.0 Å². The van der Waals surface area contributed by atoms with Gasteiger partial charge in [-0.15, -0.1) is 10.2 Å². The standard InChI is InChI=1S/C18H19N5O5S.C17H17N5O5S/c19-29(27,28)13-5-3-12(4-6-13)22-23-16-14-10-11(17(25)20-8-1-9-24)2-7-15(14)21-18(16)26;18-28(26,27)12-4-2-11(3-5-12)21-22-15-13-9-10(16(24)19-7-8-23)1-6-14(13)20-17(15)25/h2-7,10,21,24,26H,1,8-9H2,(H,20,25)(H2,19,27,28);1-6,9,20,23,25H,7-8H2,(H,19,24)(H2,18,26,27). The second-order valence-electron chi connectivity index (χ2n) is 12.0. The number of azo groups is 2. The van der Waals surface area contributed by atoms with Crippen molar-refractivity contribution in [3.8, 4) is 11.8 Å². The van der Waals surface area contributed by atoms with Gasteiger partial charge >= 0.3 is 0 Å². The number of hydrogen-bond donors (Lipinski definition) is 10. The van der Waals surface area contributed by atoms with Gasteiger partial charge in [-0.1, -0.05) is 0 Å². The number of aliphatic hydroxyl groups excluding tert-OH is 2. The van der Waals surface area contributed by atoms with E-state index < -0.39 is 20.0 Å².